The van der Waals surface area contributed by atoms with E-state index in [1.165, 1.54) is 5.38 Å². The van der Waals surface area contributed by atoms with Crippen LogP contribution in [0, 0.1) is 0 Å². The highest BCUT2D eigenvalue weighted by atomic mass is 32.1. The van der Waals surface area contributed by atoms with Crippen LogP contribution in [0.5, 0.6) is 0 Å². The monoisotopic (exact) mass is 279 g/mol. The lowest BCUT2D eigenvalue weighted by Gasteiger charge is -2.20. The lowest BCUT2D eigenvalue weighted by atomic mass is 10.2. The normalized spacial score (nSPS) is 21.4. The van der Waals surface area contributed by atoms with Gasteiger partial charge in [-0.25, -0.2) is 0 Å². The molecule has 1 aromatic rings. The molecule has 0 radical (unpaired) electrons. The summed E-state index contributed by atoms with van der Waals surface area (Å²) in [6, 6.07) is 0.529. The molecular weight excluding hydrogens is 267 g/mol. The highest BCUT2D eigenvalue weighted by Gasteiger charge is 2.34. The highest BCUT2D eigenvalue weighted by molar-refractivity contribution is 7.10. The highest BCUT2D eigenvalue weighted by Crippen LogP contribution is 2.34. The largest absolute Gasteiger partial charge is 0.480 e. The Labute approximate surface area is 106 Å². The zero-order chi connectivity index (χ0) is 13.3. The summed E-state index contributed by atoms with van der Waals surface area (Å²) in [5, 5.41) is 10.4. The van der Waals surface area contributed by atoms with Crippen LogP contribution in [-0.4, -0.2) is 28.6 Å². The van der Waals surface area contributed by atoms with Crippen molar-refractivity contribution in [1.82, 2.24) is 4.90 Å². The smallest absolute Gasteiger partial charge is 0.425 e. The first-order chi connectivity index (χ1) is 8.38. The molecule has 100 valence electrons. The van der Waals surface area contributed by atoms with Crippen molar-refractivity contribution in [2.24, 2.45) is 0 Å². The van der Waals surface area contributed by atoms with Crippen molar-refractivity contribution in [3.05, 3.63) is 21.9 Å². The van der Waals surface area contributed by atoms with Gasteiger partial charge in [-0.15, -0.1) is 11.3 Å². The third-order valence-corrected chi connectivity index (χ3v) is 3.99. The van der Waals surface area contributed by atoms with Crippen molar-refractivity contribution in [1.29, 1.82) is 0 Å². The summed E-state index contributed by atoms with van der Waals surface area (Å²) in [6.45, 7) is 0.887. The molecule has 1 fully saturated rings. The van der Waals surface area contributed by atoms with Crippen molar-refractivity contribution in [3.8, 4) is 0 Å². The fourth-order valence-electron chi connectivity index (χ4n) is 2.14. The molecule has 0 amide bonds. The molecule has 1 aromatic heterocycles. The summed E-state index contributed by atoms with van der Waals surface area (Å²) in [7, 11) is 0. The van der Waals surface area contributed by atoms with Crippen LogP contribution in [0.25, 0.3) is 0 Å². The van der Waals surface area contributed by atoms with E-state index in [1.54, 1.807) is 4.90 Å². The molecule has 2 heterocycles. The van der Waals surface area contributed by atoms with Crippen LogP contribution in [0.4, 0.5) is 13.2 Å². The summed E-state index contributed by atoms with van der Waals surface area (Å²) in [5.74, 6) is -0.904. The van der Waals surface area contributed by atoms with E-state index in [2.05, 4.69) is 0 Å². The van der Waals surface area contributed by atoms with E-state index < -0.39 is 23.1 Å². The number of carbonyl (C=O) groups is 1. The van der Waals surface area contributed by atoms with Crippen LogP contribution < -0.4 is 0 Å². The molecule has 1 aliphatic heterocycles. The Morgan fingerprint density at radius 1 is 1.56 bits per heavy atom. The van der Waals surface area contributed by atoms with E-state index in [0.717, 1.165) is 12.5 Å². The maximum absolute atomic E-state index is 12.4. The summed E-state index contributed by atoms with van der Waals surface area (Å²) in [6.07, 6.45) is -2.99. The van der Waals surface area contributed by atoms with Gasteiger partial charge in [0.1, 0.15) is 10.9 Å². The Balaban J connectivity index is 2.05. The average molecular weight is 279 g/mol. The Bertz CT molecular complexity index is 444. The van der Waals surface area contributed by atoms with Gasteiger partial charge in [0.05, 0.1) is 0 Å². The molecular formula is C11H12F3NO2S. The van der Waals surface area contributed by atoms with Crippen molar-refractivity contribution in [3.63, 3.8) is 0 Å². The van der Waals surface area contributed by atoms with Crippen molar-refractivity contribution in [2.45, 2.75) is 31.6 Å². The first-order valence-corrected chi connectivity index (χ1v) is 6.37. The third-order valence-electron chi connectivity index (χ3n) is 2.97. The summed E-state index contributed by atoms with van der Waals surface area (Å²) in [5.41, 5.74) is 0.528. The molecule has 1 atom stereocenters. The van der Waals surface area contributed by atoms with Crippen LogP contribution in [0.2, 0.25) is 0 Å². The van der Waals surface area contributed by atoms with Gasteiger partial charge < -0.3 is 5.11 Å². The predicted octanol–water partition coefficient (Wildman–Crippen LogP) is 2.82. The minimum Gasteiger partial charge on any atom is -0.480 e. The number of aliphatic carboxylic acids is 1. The fraction of sp³-hybridized carbons (Fsp3) is 0.545. The second-order valence-corrected chi connectivity index (χ2v) is 5.19. The van der Waals surface area contributed by atoms with Gasteiger partial charge in [0.15, 0.2) is 0 Å². The average Bonchev–Trinajstić information content (AvgIpc) is 2.85. The van der Waals surface area contributed by atoms with Gasteiger partial charge in [0, 0.05) is 6.54 Å². The number of hydrogen-bond acceptors (Lipinski definition) is 3. The fourth-order valence-corrected chi connectivity index (χ4v) is 2.91. The van der Waals surface area contributed by atoms with E-state index in [-0.39, 0.29) is 6.54 Å². The second kappa shape index (κ2) is 4.89. The van der Waals surface area contributed by atoms with E-state index in [0.29, 0.717) is 29.9 Å². The minimum absolute atomic E-state index is 0.267. The number of alkyl halides is 3. The zero-order valence-electron chi connectivity index (χ0n) is 9.41. The van der Waals surface area contributed by atoms with E-state index in [4.69, 9.17) is 5.11 Å². The quantitative estimate of drug-likeness (QED) is 0.925. The maximum atomic E-state index is 12.4. The zero-order valence-corrected chi connectivity index (χ0v) is 10.2. The second-order valence-electron chi connectivity index (χ2n) is 4.28. The van der Waals surface area contributed by atoms with Crippen molar-refractivity contribution < 1.29 is 23.1 Å². The summed E-state index contributed by atoms with van der Waals surface area (Å²) in [4.78, 5) is 12.0. The lowest BCUT2D eigenvalue weighted by Crippen LogP contribution is -2.35. The third kappa shape index (κ3) is 2.84. The minimum atomic E-state index is -4.32. The molecule has 0 aliphatic carbocycles. The van der Waals surface area contributed by atoms with E-state index >= 15 is 0 Å². The van der Waals surface area contributed by atoms with Crippen molar-refractivity contribution in [2.75, 3.05) is 6.54 Å². The van der Waals surface area contributed by atoms with Crippen LogP contribution in [0.15, 0.2) is 11.4 Å². The molecule has 0 spiro atoms. The number of hydrogen-bond donors (Lipinski definition) is 1. The maximum Gasteiger partial charge on any atom is 0.425 e. The molecule has 18 heavy (non-hydrogen) atoms. The van der Waals surface area contributed by atoms with Crippen LogP contribution in [0.1, 0.15) is 23.3 Å². The van der Waals surface area contributed by atoms with Gasteiger partial charge in [0.25, 0.3) is 0 Å². The van der Waals surface area contributed by atoms with Crippen LogP contribution in [-0.2, 0) is 17.5 Å². The molecule has 3 nitrogen and oxygen atoms in total. The molecule has 2 rings (SSSR count). The predicted molar refractivity (Wildman–Crippen MR) is 60.4 cm³/mol. The van der Waals surface area contributed by atoms with Gasteiger partial charge in [-0.1, -0.05) is 0 Å². The Morgan fingerprint density at radius 2 is 2.28 bits per heavy atom. The van der Waals surface area contributed by atoms with Gasteiger partial charge >= 0.3 is 12.1 Å². The Morgan fingerprint density at radius 3 is 2.83 bits per heavy atom. The van der Waals surface area contributed by atoms with E-state index in [1.807, 2.05) is 0 Å². The lowest BCUT2D eigenvalue weighted by molar-refractivity contribution is -0.142. The number of rotatable bonds is 3. The van der Waals surface area contributed by atoms with Gasteiger partial charge in [0.2, 0.25) is 0 Å². The van der Waals surface area contributed by atoms with Gasteiger partial charge in [-0.05, 0) is 36.4 Å². The van der Waals surface area contributed by atoms with E-state index in [9.17, 15) is 18.0 Å². The number of carboxylic acid groups (broad SMARTS) is 1. The molecule has 1 unspecified atom stereocenters. The molecule has 1 aliphatic rings. The Kier molecular flexibility index (Phi) is 3.63. The van der Waals surface area contributed by atoms with Crippen LogP contribution >= 0.6 is 11.3 Å². The molecule has 1 N–H and O–H groups in total. The number of likely N-dealkylation sites (tertiary alicyclic amines) is 1. The first-order valence-electron chi connectivity index (χ1n) is 5.49. The number of carboxylic acids is 1. The summed E-state index contributed by atoms with van der Waals surface area (Å²) >= 11 is 0.650. The Hall–Kier alpha value is -1.08. The standard InChI is InChI=1S/C11H12F3NO2S/c12-11(13,14)9-4-7(6-18-9)5-15-3-1-2-8(15)10(16)17/h4,6,8H,1-3,5H2,(H,16,17). The topological polar surface area (TPSA) is 40.5 Å². The molecule has 0 aromatic carbocycles. The number of nitrogens with zero attached hydrogens (tertiary/aromatic N) is 1. The molecule has 7 heteroatoms. The van der Waals surface area contributed by atoms with Gasteiger partial charge in [-0.3, -0.25) is 9.69 Å². The van der Waals surface area contributed by atoms with Crippen LogP contribution in [0.3, 0.4) is 0 Å². The molecule has 1 saturated heterocycles. The van der Waals surface area contributed by atoms with Gasteiger partial charge in [-0.2, -0.15) is 13.2 Å². The summed E-state index contributed by atoms with van der Waals surface area (Å²) < 4.78 is 37.3. The SMILES string of the molecule is O=C(O)C1CCCN1Cc1csc(C(F)(F)F)c1. The van der Waals surface area contributed by atoms with Crippen molar-refractivity contribution >= 4 is 17.3 Å². The molecule has 0 bridgehead atoms. The molecule has 0 saturated carbocycles. The number of thiophene rings is 1. The first kappa shape index (κ1) is 13.4. The number of halogens is 3.